The summed E-state index contributed by atoms with van der Waals surface area (Å²) in [5.74, 6) is 0.783. The van der Waals surface area contributed by atoms with Crippen LogP contribution in [0, 0.1) is 5.41 Å². The molecule has 182 valence electrons. The average molecular weight is 477 g/mol. The van der Waals surface area contributed by atoms with E-state index in [-0.39, 0.29) is 6.10 Å². The van der Waals surface area contributed by atoms with E-state index in [1.807, 2.05) is 43.7 Å². The molecule has 5 nitrogen and oxygen atoms in total. The lowest BCUT2D eigenvalue weighted by atomic mass is 9.98. The number of aliphatic imine (C=N–C) groups is 1. The molecule has 0 aliphatic carbocycles. The number of nitrogens with zero attached hydrogens (tertiary/aromatic N) is 3. The fraction of sp³-hybridized carbons (Fsp3) is 0.226. The van der Waals surface area contributed by atoms with Crippen LogP contribution in [0.15, 0.2) is 96.0 Å². The molecule has 0 bridgehead atoms. The van der Waals surface area contributed by atoms with Crippen molar-refractivity contribution in [3.05, 3.63) is 102 Å². The quantitative estimate of drug-likeness (QED) is 0.217. The largest absolute Gasteiger partial charge is 0.376 e. The van der Waals surface area contributed by atoms with E-state index in [4.69, 9.17) is 15.1 Å². The smallest absolute Gasteiger partial charge is 0.144 e. The lowest BCUT2D eigenvalue weighted by Gasteiger charge is -2.18. The molecule has 1 aromatic heterocycles. The fourth-order valence-corrected chi connectivity index (χ4v) is 4.92. The van der Waals surface area contributed by atoms with E-state index in [9.17, 15) is 0 Å². The zero-order chi connectivity index (χ0) is 24.7. The Kier molecular flexibility index (Phi) is 7.39. The van der Waals surface area contributed by atoms with Gasteiger partial charge in [-0.25, -0.2) is 4.99 Å². The number of ether oxygens (including phenoxy) is 1. The Labute approximate surface area is 213 Å². The molecule has 1 N–H and O–H groups in total. The predicted molar refractivity (Wildman–Crippen MR) is 148 cm³/mol. The topological polar surface area (TPSA) is 53.6 Å². The van der Waals surface area contributed by atoms with Gasteiger partial charge in [0.15, 0.2) is 0 Å². The molecule has 4 aromatic rings. The average Bonchev–Trinajstić information content (AvgIpc) is 3.54. The normalized spacial score (nSPS) is 15.4. The number of aromatic nitrogens is 1. The van der Waals surface area contributed by atoms with Crippen molar-refractivity contribution in [3.63, 3.8) is 0 Å². The molecule has 1 fully saturated rings. The van der Waals surface area contributed by atoms with Crippen molar-refractivity contribution < 1.29 is 4.74 Å². The summed E-state index contributed by atoms with van der Waals surface area (Å²) < 4.78 is 8.07. The summed E-state index contributed by atoms with van der Waals surface area (Å²) in [7, 11) is 2.04. The Hall–Kier alpha value is -3.96. The van der Waals surface area contributed by atoms with Crippen LogP contribution in [0.5, 0.6) is 0 Å². The molecule has 5 rings (SSSR count). The Morgan fingerprint density at radius 1 is 0.944 bits per heavy atom. The highest BCUT2D eigenvalue weighted by Crippen LogP contribution is 2.42. The minimum Gasteiger partial charge on any atom is -0.376 e. The van der Waals surface area contributed by atoms with E-state index >= 15 is 0 Å². The highest BCUT2D eigenvalue weighted by molar-refractivity contribution is 6.02. The number of nitrogens with one attached hydrogen (secondary N) is 1. The summed E-state index contributed by atoms with van der Waals surface area (Å²) in [5.41, 5.74) is 6.28. The molecule has 0 saturated carbocycles. The molecule has 3 aromatic carbocycles. The van der Waals surface area contributed by atoms with Crippen molar-refractivity contribution in [3.8, 4) is 22.4 Å². The van der Waals surface area contributed by atoms with Gasteiger partial charge in [-0.15, -0.1) is 0 Å². The lowest BCUT2D eigenvalue weighted by molar-refractivity contribution is 0.0967. The van der Waals surface area contributed by atoms with Gasteiger partial charge in [-0.3, -0.25) is 0 Å². The number of rotatable bonds is 9. The second-order valence-electron chi connectivity index (χ2n) is 9.23. The Morgan fingerprint density at radius 2 is 1.58 bits per heavy atom. The molecule has 5 heteroatoms. The van der Waals surface area contributed by atoms with Crippen molar-refractivity contribution in [1.29, 1.82) is 5.41 Å². The number of benzene rings is 3. The van der Waals surface area contributed by atoms with Crippen LogP contribution in [0.4, 0.5) is 5.82 Å². The first-order valence-corrected chi connectivity index (χ1v) is 12.5. The maximum absolute atomic E-state index is 8.45. The number of hydrogen-bond acceptors (Lipinski definition) is 3. The Balaban J connectivity index is 1.68. The summed E-state index contributed by atoms with van der Waals surface area (Å²) in [5, 5.41) is 8.45. The first-order chi connectivity index (χ1) is 17.7. The van der Waals surface area contributed by atoms with Crippen molar-refractivity contribution in [1.82, 2.24) is 9.47 Å². The van der Waals surface area contributed by atoms with Gasteiger partial charge in [0.2, 0.25) is 0 Å². The van der Waals surface area contributed by atoms with E-state index in [0.717, 1.165) is 59.8 Å². The van der Waals surface area contributed by atoms with Gasteiger partial charge in [0.05, 0.1) is 18.1 Å². The third-order valence-electron chi connectivity index (χ3n) is 6.60. The lowest BCUT2D eigenvalue weighted by Crippen LogP contribution is -2.27. The van der Waals surface area contributed by atoms with Gasteiger partial charge < -0.3 is 19.6 Å². The van der Waals surface area contributed by atoms with Crippen LogP contribution in [0.25, 0.3) is 22.4 Å². The van der Waals surface area contributed by atoms with Crippen LogP contribution in [0.1, 0.15) is 24.0 Å². The van der Waals surface area contributed by atoms with Crippen molar-refractivity contribution >= 4 is 18.4 Å². The van der Waals surface area contributed by atoms with Crippen molar-refractivity contribution in [2.75, 3.05) is 20.2 Å². The zero-order valence-corrected chi connectivity index (χ0v) is 20.7. The summed E-state index contributed by atoms with van der Waals surface area (Å²) >= 11 is 0. The second-order valence-corrected chi connectivity index (χ2v) is 9.23. The Morgan fingerprint density at radius 3 is 2.19 bits per heavy atom. The molecule has 0 amide bonds. The third kappa shape index (κ3) is 5.16. The zero-order valence-electron chi connectivity index (χ0n) is 20.7. The molecular weight excluding hydrogens is 444 g/mol. The summed E-state index contributed by atoms with van der Waals surface area (Å²) in [6.07, 6.45) is 5.79. The highest BCUT2D eigenvalue weighted by atomic mass is 16.5. The SMILES string of the molecule is CN(C=Nc1c(C=N)c(-c2ccccc2)c(-c2ccccc2)n1Cc1ccccc1)CC1CCCO1. The summed E-state index contributed by atoms with van der Waals surface area (Å²) in [4.78, 5) is 7.10. The molecule has 1 unspecified atom stereocenters. The summed E-state index contributed by atoms with van der Waals surface area (Å²) in [6, 6.07) is 31.2. The monoisotopic (exact) mass is 476 g/mol. The maximum atomic E-state index is 8.45. The molecular formula is C31H32N4O. The molecule has 1 atom stereocenters. The van der Waals surface area contributed by atoms with Crippen LogP contribution in [0.3, 0.4) is 0 Å². The van der Waals surface area contributed by atoms with Gasteiger partial charge in [-0.1, -0.05) is 91.0 Å². The molecule has 1 saturated heterocycles. The number of likely N-dealkylation sites (N-methyl/N-ethyl adjacent to an activating group) is 1. The summed E-state index contributed by atoms with van der Waals surface area (Å²) in [6.45, 7) is 2.30. The standard InChI is InChI=1S/C31H32N4O/c1-34(22-27-18-11-19-36-27)23-33-31-28(20-32)29(25-14-7-3-8-15-25)30(26-16-9-4-10-17-26)35(31)21-24-12-5-2-6-13-24/h2-10,12-17,20,23,27,32H,11,18-19,21-22H2,1H3. The van der Waals surface area contributed by atoms with E-state index < -0.39 is 0 Å². The second kappa shape index (κ2) is 11.2. The number of hydrogen-bond donors (Lipinski definition) is 1. The Bertz CT molecular complexity index is 1310. The van der Waals surface area contributed by atoms with Crippen LogP contribution < -0.4 is 0 Å². The van der Waals surface area contributed by atoms with Gasteiger partial charge >= 0.3 is 0 Å². The molecule has 36 heavy (non-hydrogen) atoms. The molecule has 1 aliphatic rings. The van der Waals surface area contributed by atoms with Gasteiger partial charge in [0.25, 0.3) is 0 Å². The maximum Gasteiger partial charge on any atom is 0.144 e. The highest BCUT2D eigenvalue weighted by Gasteiger charge is 2.24. The first kappa shape index (κ1) is 23.8. The molecule has 2 heterocycles. The fourth-order valence-electron chi connectivity index (χ4n) is 4.92. The van der Waals surface area contributed by atoms with Crippen molar-refractivity contribution in [2.24, 2.45) is 4.99 Å². The van der Waals surface area contributed by atoms with Crippen LogP contribution >= 0.6 is 0 Å². The van der Waals surface area contributed by atoms with Gasteiger partial charge in [0.1, 0.15) is 5.82 Å². The van der Waals surface area contributed by atoms with Gasteiger partial charge in [-0.05, 0) is 29.5 Å². The first-order valence-electron chi connectivity index (χ1n) is 12.5. The minimum absolute atomic E-state index is 0.250. The van der Waals surface area contributed by atoms with Crippen LogP contribution in [0.2, 0.25) is 0 Å². The molecule has 1 aliphatic heterocycles. The molecule has 0 radical (unpaired) electrons. The van der Waals surface area contributed by atoms with Gasteiger partial charge in [-0.2, -0.15) is 0 Å². The van der Waals surface area contributed by atoms with E-state index in [2.05, 4.69) is 70.1 Å². The van der Waals surface area contributed by atoms with E-state index in [1.54, 1.807) is 0 Å². The minimum atomic E-state index is 0.250. The van der Waals surface area contributed by atoms with Gasteiger partial charge in [0, 0.05) is 44.1 Å². The van der Waals surface area contributed by atoms with E-state index in [1.165, 1.54) is 11.8 Å². The van der Waals surface area contributed by atoms with Crippen LogP contribution in [-0.4, -0.2) is 48.3 Å². The van der Waals surface area contributed by atoms with Crippen molar-refractivity contribution in [2.45, 2.75) is 25.5 Å². The third-order valence-corrected chi connectivity index (χ3v) is 6.60. The van der Waals surface area contributed by atoms with E-state index in [0.29, 0.717) is 6.54 Å². The van der Waals surface area contributed by atoms with Crippen LogP contribution in [-0.2, 0) is 11.3 Å². The predicted octanol–water partition coefficient (Wildman–Crippen LogP) is 6.64. The molecule has 0 spiro atoms.